The molecule has 1 aliphatic rings. The first-order chi connectivity index (χ1) is 17.4. The number of nitrogens with zero attached hydrogens (tertiary/aromatic N) is 2. The van der Waals surface area contributed by atoms with Gasteiger partial charge in [-0.15, -0.1) is 0 Å². The second-order valence-electron chi connectivity index (χ2n) is 13.3. The predicted octanol–water partition coefficient (Wildman–Crippen LogP) is 4.76. The zero-order valence-electron chi connectivity index (χ0n) is 24.9. The molecule has 3 atom stereocenters. The van der Waals surface area contributed by atoms with Gasteiger partial charge >= 0.3 is 17.8 Å². The van der Waals surface area contributed by atoms with Crippen LogP contribution >= 0.6 is 0 Å². The van der Waals surface area contributed by atoms with Crippen LogP contribution in [0.2, 0.25) is 36.3 Å². The zero-order chi connectivity index (χ0) is 30.4. The van der Waals surface area contributed by atoms with E-state index in [9.17, 15) is 27.6 Å². The maximum atomic E-state index is 12.9. The van der Waals surface area contributed by atoms with E-state index in [1.807, 2.05) is 0 Å². The number of aromatic amines is 1. The Kier molecular flexibility index (Phi) is 9.66. The minimum atomic E-state index is -5.09. The second-order valence-corrected chi connectivity index (χ2v) is 22.9. The van der Waals surface area contributed by atoms with Gasteiger partial charge in [-0.2, -0.15) is 13.2 Å². The Labute approximate surface area is 230 Å². The molecule has 1 aliphatic heterocycles. The number of carbonyl (C=O) groups excluding carboxylic acids is 1. The van der Waals surface area contributed by atoms with Crippen molar-refractivity contribution in [2.24, 2.45) is 0 Å². The van der Waals surface area contributed by atoms with Crippen LogP contribution < -0.4 is 11.2 Å². The number of hydrogen-bond donors (Lipinski definition) is 1. The third kappa shape index (κ3) is 7.93. The highest BCUT2D eigenvalue weighted by Gasteiger charge is 2.47. The summed E-state index contributed by atoms with van der Waals surface area (Å²) in [5.41, 5.74) is -1.82. The van der Waals surface area contributed by atoms with Crippen molar-refractivity contribution >= 4 is 22.5 Å². The lowest BCUT2D eigenvalue weighted by Gasteiger charge is -2.40. The van der Waals surface area contributed by atoms with Crippen LogP contribution in [0.15, 0.2) is 15.8 Å². The molecule has 1 aromatic heterocycles. The van der Waals surface area contributed by atoms with E-state index in [1.165, 1.54) is 0 Å². The van der Waals surface area contributed by atoms with E-state index in [4.69, 9.17) is 13.6 Å². The molecule has 39 heavy (non-hydrogen) atoms. The molecule has 224 valence electrons. The Morgan fingerprint density at radius 1 is 1.08 bits per heavy atom. The third-order valence-corrected chi connectivity index (χ3v) is 17.2. The Bertz CT molecular complexity index is 1150. The Morgan fingerprint density at radius 2 is 1.62 bits per heavy atom. The first-order valence-electron chi connectivity index (χ1n) is 13.0. The number of alkyl halides is 3. The lowest BCUT2D eigenvalue weighted by atomic mass is 10.2. The molecular formula is C25H44F3N3O6Si2. The number of carbonyl (C=O) groups is 1. The standard InChI is InChI=1S/C25H44F3N3O6Si2/c1-23(2,3)38(8,9)35-15-18-17(37-39(10,11)24(4,5)6)12-19(36-18)31-14-16(20(32)29-22(31)34)13-30(7)21(33)25(26,27)28/h14,17-19H,12-13,15H2,1-11H3,(H,29,32,34)/t17-,18+,19+/m0/s1. The van der Waals surface area contributed by atoms with E-state index in [-0.39, 0.29) is 28.7 Å². The Balaban J connectivity index is 2.40. The van der Waals surface area contributed by atoms with Crippen LogP contribution in [0.3, 0.4) is 0 Å². The topological polar surface area (TPSA) is 103 Å². The van der Waals surface area contributed by atoms with Crippen molar-refractivity contribution in [2.75, 3.05) is 13.7 Å². The van der Waals surface area contributed by atoms with E-state index in [0.717, 1.165) is 17.8 Å². The maximum absolute atomic E-state index is 12.9. The van der Waals surface area contributed by atoms with Crippen LogP contribution in [0.25, 0.3) is 0 Å². The number of aromatic nitrogens is 2. The highest BCUT2D eigenvalue weighted by Crippen LogP contribution is 2.42. The monoisotopic (exact) mass is 595 g/mol. The van der Waals surface area contributed by atoms with Crippen LogP contribution in [-0.4, -0.2) is 69.0 Å². The molecule has 0 aliphatic carbocycles. The molecule has 2 rings (SSSR count). The molecule has 0 radical (unpaired) electrons. The summed E-state index contributed by atoms with van der Waals surface area (Å²) in [5.74, 6) is -2.09. The summed E-state index contributed by atoms with van der Waals surface area (Å²) < 4.78 is 59.1. The van der Waals surface area contributed by atoms with Gasteiger partial charge in [0.1, 0.15) is 12.3 Å². The van der Waals surface area contributed by atoms with Crippen molar-refractivity contribution in [3.05, 3.63) is 32.6 Å². The van der Waals surface area contributed by atoms with Crippen LogP contribution in [0.1, 0.15) is 59.8 Å². The molecule has 1 N–H and O–H groups in total. The van der Waals surface area contributed by atoms with Crippen LogP contribution in [-0.2, 0) is 24.9 Å². The number of rotatable bonds is 8. The van der Waals surface area contributed by atoms with Crippen molar-refractivity contribution in [1.29, 1.82) is 0 Å². The third-order valence-electron chi connectivity index (χ3n) is 8.20. The van der Waals surface area contributed by atoms with E-state index < -0.39 is 64.9 Å². The normalized spacial score (nSPS) is 21.3. The lowest BCUT2D eigenvalue weighted by Crippen LogP contribution is -2.48. The van der Waals surface area contributed by atoms with Gasteiger partial charge in [0.2, 0.25) is 0 Å². The number of ether oxygens (including phenoxy) is 1. The van der Waals surface area contributed by atoms with Crippen LogP contribution in [0.5, 0.6) is 0 Å². The molecule has 2 heterocycles. The molecular weight excluding hydrogens is 551 g/mol. The van der Waals surface area contributed by atoms with Gasteiger partial charge in [0, 0.05) is 19.7 Å². The van der Waals surface area contributed by atoms with E-state index in [2.05, 4.69) is 72.7 Å². The largest absolute Gasteiger partial charge is 0.471 e. The van der Waals surface area contributed by atoms with E-state index >= 15 is 0 Å². The van der Waals surface area contributed by atoms with Crippen LogP contribution in [0, 0.1) is 0 Å². The van der Waals surface area contributed by atoms with Crippen LogP contribution in [0.4, 0.5) is 13.2 Å². The minimum Gasteiger partial charge on any atom is -0.414 e. The average molecular weight is 596 g/mol. The summed E-state index contributed by atoms with van der Waals surface area (Å²) >= 11 is 0. The van der Waals surface area contributed by atoms with Gasteiger partial charge in [0.05, 0.1) is 24.8 Å². The fraction of sp³-hybridized carbons (Fsp3) is 0.800. The van der Waals surface area contributed by atoms with Crippen molar-refractivity contribution in [1.82, 2.24) is 14.5 Å². The van der Waals surface area contributed by atoms with Gasteiger partial charge in [-0.25, -0.2) is 4.79 Å². The molecule has 1 amide bonds. The van der Waals surface area contributed by atoms with Gasteiger partial charge in [-0.05, 0) is 36.3 Å². The van der Waals surface area contributed by atoms with Gasteiger partial charge in [-0.3, -0.25) is 19.1 Å². The summed E-state index contributed by atoms with van der Waals surface area (Å²) in [5, 5.41) is -0.126. The number of H-pyrrole nitrogens is 1. The summed E-state index contributed by atoms with van der Waals surface area (Å²) in [7, 11) is -3.46. The summed E-state index contributed by atoms with van der Waals surface area (Å²) in [6, 6.07) is 0. The van der Waals surface area contributed by atoms with Crippen molar-refractivity contribution < 1.29 is 31.6 Å². The van der Waals surface area contributed by atoms with Gasteiger partial charge < -0.3 is 18.5 Å². The van der Waals surface area contributed by atoms with Gasteiger partial charge in [0.15, 0.2) is 16.6 Å². The Hall–Kier alpha value is -1.75. The molecule has 14 heteroatoms. The number of nitrogens with one attached hydrogen (secondary N) is 1. The predicted molar refractivity (Wildman–Crippen MR) is 148 cm³/mol. The fourth-order valence-corrected chi connectivity index (χ4v) is 5.98. The molecule has 1 saturated heterocycles. The SMILES string of the molecule is CN(Cc1cn([C@H]2C[C@H](O[Si](C)(C)C(C)(C)C)[C@@H](CO[Si](C)(C)C(C)(C)C)O2)c(=O)[nH]c1=O)C(=O)C(F)(F)F. The molecule has 0 spiro atoms. The maximum Gasteiger partial charge on any atom is 0.471 e. The van der Waals surface area contributed by atoms with Gasteiger partial charge in [0.25, 0.3) is 5.56 Å². The zero-order valence-corrected chi connectivity index (χ0v) is 26.9. The lowest BCUT2D eigenvalue weighted by molar-refractivity contribution is -0.184. The molecule has 9 nitrogen and oxygen atoms in total. The molecule has 0 saturated carbocycles. The number of amides is 1. The first-order valence-corrected chi connectivity index (χ1v) is 18.8. The number of hydrogen-bond acceptors (Lipinski definition) is 6. The molecule has 0 bridgehead atoms. The summed E-state index contributed by atoms with van der Waals surface area (Å²) in [6.07, 6.45) is -5.41. The molecule has 0 unspecified atom stereocenters. The van der Waals surface area contributed by atoms with Crippen molar-refractivity contribution in [2.45, 2.75) is 115 Å². The molecule has 1 fully saturated rings. The highest BCUT2D eigenvalue weighted by molar-refractivity contribution is 6.74. The minimum absolute atomic E-state index is 0.0363. The van der Waals surface area contributed by atoms with E-state index in [1.54, 1.807) is 0 Å². The highest BCUT2D eigenvalue weighted by atomic mass is 28.4. The number of halogens is 3. The Morgan fingerprint density at radius 3 is 2.10 bits per heavy atom. The molecule has 1 aromatic rings. The smallest absolute Gasteiger partial charge is 0.414 e. The second kappa shape index (κ2) is 11.3. The molecule has 0 aromatic carbocycles. The summed E-state index contributed by atoms with van der Waals surface area (Å²) in [4.78, 5) is 39.3. The average Bonchev–Trinajstić information content (AvgIpc) is 3.12. The first kappa shape index (κ1) is 33.5. The quantitative estimate of drug-likeness (QED) is 0.435. The van der Waals surface area contributed by atoms with Gasteiger partial charge in [-0.1, -0.05) is 41.5 Å². The van der Waals surface area contributed by atoms with E-state index in [0.29, 0.717) is 4.90 Å². The van der Waals surface area contributed by atoms with Crippen molar-refractivity contribution in [3.63, 3.8) is 0 Å². The fourth-order valence-electron chi connectivity index (χ4n) is 3.60. The summed E-state index contributed by atoms with van der Waals surface area (Å²) in [6.45, 7) is 20.8. The van der Waals surface area contributed by atoms with Crippen molar-refractivity contribution in [3.8, 4) is 0 Å².